The van der Waals surface area contributed by atoms with E-state index in [0.29, 0.717) is 0 Å². The summed E-state index contributed by atoms with van der Waals surface area (Å²) >= 11 is 5.96. The van der Waals surface area contributed by atoms with Crippen molar-refractivity contribution < 1.29 is 22.3 Å². The van der Waals surface area contributed by atoms with Gasteiger partial charge in [0.25, 0.3) is 6.43 Å². The Labute approximate surface area is 144 Å². The summed E-state index contributed by atoms with van der Waals surface area (Å²) in [5.41, 5.74) is -0.220. The van der Waals surface area contributed by atoms with Crippen LogP contribution in [0.1, 0.15) is 23.1 Å². The van der Waals surface area contributed by atoms with Gasteiger partial charge < -0.3 is 4.74 Å². The number of nitrogens with zero attached hydrogens (tertiary/aromatic N) is 1. The molecule has 2 aromatic carbocycles. The lowest BCUT2D eigenvalue weighted by atomic mass is 10.1. The van der Waals surface area contributed by atoms with Gasteiger partial charge in [-0.05, 0) is 29.8 Å². The van der Waals surface area contributed by atoms with E-state index >= 15 is 0 Å². The van der Waals surface area contributed by atoms with E-state index in [-0.39, 0.29) is 44.3 Å². The highest BCUT2D eigenvalue weighted by Crippen LogP contribution is 2.53. The maximum atomic E-state index is 13.5. The molecule has 0 aromatic heterocycles. The predicted octanol–water partition coefficient (Wildman–Crippen LogP) is 6.18. The van der Waals surface area contributed by atoms with Crippen molar-refractivity contribution in [2.45, 2.75) is 23.0 Å². The first kappa shape index (κ1) is 16.9. The van der Waals surface area contributed by atoms with Crippen LogP contribution >= 0.6 is 23.4 Å². The number of alkyl halides is 4. The van der Waals surface area contributed by atoms with Gasteiger partial charge in [0.1, 0.15) is 11.5 Å². The number of ether oxygens (including phenoxy) is 1. The molecule has 3 rings (SSSR count). The minimum Gasteiger partial charge on any atom is -0.457 e. The molecule has 0 saturated heterocycles. The smallest absolute Gasteiger partial charge is 0.302 e. The minimum absolute atomic E-state index is 0.0793. The molecule has 0 amide bonds. The second kappa shape index (κ2) is 6.19. The van der Waals surface area contributed by atoms with Gasteiger partial charge in [0, 0.05) is 16.3 Å². The average molecular weight is 374 g/mol. The van der Waals surface area contributed by atoms with Crippen molar-refractivity contribution in [3.8, 4) is 17.6 Å². The number of halogens is 5. The number of thioether (sulfide) groups is 1. The van der Waals surface area contributed by atoms with Crippen LogP contribution in [0.5, 0.6) is 11.5 Å². The molecule has 1 heterocycles. The molecule has 1 aliphatic heterocycles. The fourth-order valence-corrected chi connectivity index (χ4v) is 3.72. The molecule has 0 saturated carbocycles. The number of fused-ring (bicyclic) bond motifs is 1. The van der Waals surface area contributed by atoms with Gasteiger partial charge in [0.2, 0.25) is 0 Å². The zero-order chi connectivity index (χ0) is 17.5. The summed E-state index contributed by atoms with van der Waals surface area (Å²) in [6, 6.07) is 8.52. The van der Waals surface area contributed by atoms with Crippen LogP contribution in [-0.4, -0.2) is 5.25 Å². The first-order valence-corrected chi connectivity index (χ1v) is 7.88. The van der Waals surface area contributed by atoms with Crippen molar-refractivity contribution in [3.63, 3.8) is 0 Å². The highest BCUT2D eigenvalue weighted by molar-refractivity contribution is 8.00. The summed E-state index contributed by atoms with van der Waals surface area (Å²) in [6.07, 6.45) is -3.58. The Kier molecular flexibility index (Phi) is 4.37. The zero-order valence-electron chi connectivity index (χ0n) is 11.8. The molecule has 0 unspecified atom stereocenters. The van der Waals surface area contributed by atoms with Crippen molar-refractivity contribution >= 4 is 23.4 Å². The Bertz CT molecular complexity index is 851. The van der Waals surface area contributed by atoms with Crippen LogP contribution in [-0.2, 0) is 6.42 Å². The molecule has 1 aliphatic rings. The molecule has 24 heavy (non-hydrogen) atoms. The molecule has 0 N–H and O–H groups in total. The second-order valence-electron chi connectivity index (χ2n) is 5.07. The average Bonchev–Trinajstić information content (AvgIpc) is 2.79. The third-order valence-corrected chi connectivity index (χ3v) is 4.68. The fraction of sp³-hybridized carbons (Fsp3) is 0.188. The van der Waals surface area contributed by atoms with Crippen LogP contribution in [0.3, 0.4) is 0 Å². The Hall–Kier alpha value is -1.91. The Morgan fingerprint density at radius 1 is 1.25 bits per heavy atom. The van der Waals surface area contributed by atoms with Crippen molar-refractivity contribution in [3.05, 3.63) is 52.0 Å². The lowest BCUT2D eigenvalue weighted by Crippen LogP contribution is -2.06. The molecule has 0 fully saturated rings. The lowest BCUT2D eigenvalue weighted by molar-refractivity contribution is 0.111. The first-order chi connectivity index (χ1) is 11.3. The Balaban J connectivity index is 2.04. The summed E-state index contributed by atoms with van der Waals surface area (Å²) in [6.45, 7) is 0. The van der Waals surface area contributed by atoms with Gasteiger partial charge in [-0.3, -0.25) is 0 Å². The van der Waals surface area contributed by atoms with Crippen LogP contribution in [0, 0.1) is 11.3 Å². The van der Waals surface area contributed by atoms with Crippen molar-refractivity contribution in [2.24, 2.45) is 0 Å². The number of hydrogen-bond acceptors (Lipinski definition) is 3. The van der Waals surface area contributed by atoms with Crippen molar-refractivity contribution in [2.75, 3.05) is 0 Å². The van der Waals surface area contributed by atoms with Gasteiger partial charge in [-0.1, -0.05) is 29.4 Å². The van der Waals surface area contributed by atoms with Gasteiger partial charge in [-0.25, -0.2) is 8.78 Å². The van der Waals surface area contributed by atoms with Crippen LogP contribution < -0.4 is 4.74 Å². The van der Waals surface area contributed by atoms with E-state index in [9.17, 15) is 17.6 Å². The Morgan fingerprint density at radius 2 is 2.00 bits per heavy atom. The number of rotatable bonds is 3. The summed E-state index contributed by atoms with van der Waals surface area (Å²) < 4.78 is 59.3. The van der Waals surface area contributed by atoms with Crippen molar-refractivity contribution in [1.82, 2.24) is 0 Å². The van der Waals surface area contributed by atoms with Crippen molar-refractivity contribution in [1.29, 1.82) is 5.26 Å². The van der Waals surface area contributed by atoms with E-state index in [1.807, 2.05) is 6.07 Å². The molecule has 0 aliphatic carbocycles. The SMILES string of the molecule is N#Cc1cc(Cl)cc(Oc2ccc3c(c2C(F)F)SC(F)(F)C3)c1. The molecule has 0 atom stereocenters. The molecular formula is C16H8ClF4NOS. The van der Waals surface area contributed by atoms with Crippen LogP contribution in [0.15, 0.2) is 35.2 Å². The van der Waals surface area contributed by atoms with Crippen LogP contribution in [0.2, 0.25) is 5.02 Å². The van der Waals surface area contributed by atoms with E-state index < -0.39 is 23.7 Å². The van der Waals surface area contributed by atoms with Gasteiger partial charge in [0.05, 0.1) is 17.2 Å². The van der Waals surface area contributed by atoms with Gasteiger partial charge in [-0.15, -0.1) is 0 Å². The fourth-order valence-electron chi connectivity index (χ4n) is 2.40. The number of benzene rings is 2. The summed E-state index contributed by atoms with van der Waals surface area (Å²) in [5.74, 6) is -0.157. The van der Waals surface area contributed by atoms with Crippen LogP contribution in [0.4, 0.5) is 17.6 Å². The quantitative estimate of drug-likeness (QED) is 0.602. The maximum absolute atomic E-state index is 13.5. The molecule has 8 heteroatoms. The Morgan fingerprint density at radius 3 is 2.67 bits per heavy atom. The first-order valence-electron chi connectivity index (χ1n) is 6.68. The predicted molar refractivity (Wildman–Crippen MR) is 82.1 cm³/mol. The molecular weight excluding hydrogens is 366 g/mol. The molecule has 0 bridgehead atoms. The summed E-state index contributed by atoms with van der Waals surface area (Å²) in [7, 11) is 0. The van der Waals surface area contributed by atoms with Gasteiger partial charge in [-0.2, -0.15) is 14.0 Å². The largest absolute Gasteiger partial charge is 0.457 e. The number of hydrogen-bond donors (Lipinski definition) is 0. The number of nitriles is 1. The van der Waals surface area contributed by atoms with E-state index in [1.165, 1.54) is 30.3 Å². The maximum Gasteiger partial charge on any atom is 0.302 e. The van der Waals surface area contributed by atoms with Gasteiger partial charge in [0.15, 0.2) is 0 Å². The van der Waals surface area contributed by atoms with E-state index in [0.717, 1.165) is 0 Å². The highest BCUT2D eigenvalue weighted by atomic mass is 35.5. The van der Waals surface area contributed by atoms with E-state index in [4.69, 9.17) is 21.6 Å². The van der Waals surface area contributed by atoms with E-state index in [1.54, 1.807) is 0 Å². The van der Waals surface area contributed by atoms with Gasteiger partial charge >= 0.3 is 5.25 Å². The summed E-state index contributed by atoms with van der Waals surface area (Å²) in [5, 5.41) is 5.99. The minimum atomic E-state index is -3.12. The third kappa shape index (κ3) is 3.30. The van der Waals surface area contributed by atoms with Crippen LogP contribution in [0.25, 0.3) is 0 Å². The highest BCUT2D eigenvalue weighted by Gasteiger charge is 2.42. The molecule has 124 valence electrons. The topological polar surface area (TPSA) is 33.0 Å². The lowest BCUT2D eigenvalue weighted by Gasteiger charge is -2.14. The molecule has 2 aromatic rings. The molecule has 0 spiro atoms. The van der Waals surface area contributed by atoms with E-state index in [2.05, 4.69) is 0 Å². The normalized spacial score (nSPS) is 15.2. The monoisotopic (exact) mass is 373 g/mol. The second-order valence-corrected chi connectivity index (χ2v) is 6.72. The molecule has 0 radical (unpaired) electrons. The summed E-state index contributed by atoms with van der Waals surface area (Å²) in [4.78, 5) is -0.157. The molecule has 2 nitrogen and oxygen atoms in total. The third-order valence-electron chi connectivity index (χ3n) is 3.33. The standard InChI is InChI=1S/C16H8ClF4NOS/c17-10-3-8(7-22)4-11(5-10)23-12-2-1-9-6-16(20,21)24-14(9)13(12)15(18)19/h1-5,15H,6H2. The zero-order valence-corrected chi connectivity index (χ0v) is 13.4.